The Morgan fingerprint density at radius 2 is 1.68 bits per heavy atom. The molecule has 2 aromatic carbocycles. The molecule has 0 aliphatic carbocycles. The minimum atomic E-state index is 0. The molecule has 19 heavy (non-hydrogen) atoms. The Balaban J connectivity index is 0.00000180. The molecule has 0 spiro atoms. The minimum Gasteiger partial charge on any atom is -0.493 e. The largest absolute Gasteiger partial charge is 0.493 e. The van der Waals surface area contributed by atoms with Crippen molar-refractivity contribution < 1.29 is 4.74 Å². The molecule has 0 bridgehead atoms. The van der Waals surface area contributed by atoms with E-state index in [1.807, 2.05) is 18.2 Å². The molecule has 0 saturated carbocycles. The van der Waals surface area contributed by atoms with Crippen LogP contribution in [-0.4, -0.2) is 13.2 Å². The van der Waals surface area contributed by atoms with Gasteiger partial charge in [0, 0.05) is 5.56 Å². The van der Waals surface area contributed by atoms with Gasteiger partial charge in [0.1, 0.15) is 5.75 Å². The van der Waals surface area contributed by atoms with Crippen LogP contribution in [-0.2, 0) is 0 Å². The molecule has 0 amide bonds. The van der Waals surface area contributed by atoms with E-state index in [1.165, 1.54) is 11.1 Å². The summed E-state index contributed by atoms with van der Waals surface area (Å²) in [7, 11) is 0. The molecule has 0 radical (unpaired) electrons. The number of aryl methyl sites for hydroxylation is 1. The number of ether oxygens (including phenoxy) is 1. The van der Waals surface area contributed by atoms with Crippen molar-refractivity contribution in [2.75, 3.05) is 13.2 Å². The van der Waals surface area contributed by atoms with Crippen molar-refractivity contribution in [1.82, 2.24) is 0 Å². The number of nitrogens with two attached hydrogens (primary N) is 1. The van der Waals surface area contributed by atoms with Crippen LogP contribution in [0.5, 0.6) is 5.75 Å². The highest BCUT2D eigenvalue weighted by Crippen LogP contribution is 2.29. The first-order chi connectivity index (χ1) is 8.81. The summed E-state index contributed by atoms with van der Waals surface area (Å²) in [5, 5.41) is 0. The molecule has 0 saturated heterocycles. The average molecular weight is 278 g/mol. The summed E-state index contributed by atoms with van der Waals surface area (Å²) in [4.78, 5) is 0. The van der Waals surface area contributed by atoms with Crippen molar-refractivity contribution in [2.45, 2.75) is 13.3 Å². The summed E-state index contributed by atoms with van der Waals surface area (Å²) in [5.41, 5.74) is 9.06. The Labute approximate surface area is 121 Å². The van der Waals surface area contributed by atoms with Crippen LogP contribution in [0.2, 0.25) is 0 Å². The Bertz CT molecular complexity index is 496. The lowest BCUT2D eigenvalue weighted by Crippen LogP contribution is -2.06. The van der Waals surface area contributed by atoms with E-state index in [0.29, 0.717) is 13.2 Å². The standard InChI is InChI=1S/C16H19NO.ClH/c1-13-7-9-14(10-8-13)15-5-2-3-6-16(15)18-12-4-11-17;/h2-3,5-10H,4,11-12,17H2,1H3;1H. The molecular formula is C16H20ClNO. The SMILES string of the molecule is Cc1ccc(-c2ccccc2OCCCN)cc1.Cl. The third kappa shape index (κ3) is 4.27. The molecule has 2 N–H and O–H groups in total. The Morgan fingerprint density at radius 1 is 1.00 bits per heavy atom. The predicted octanol–water partition coefficient (Wildman–Crippen LogP) is 3.81. The maximum atomic E-state index is 5.78. The lowest BCUT2D eigenvalue weighted by atomic mass is 10.0. The summed E-state index contributed by atoms with van der Waals surface area (Å²) in [6.07, 6.45) is 0.877. The van der Waals surface area contributed by atoms with Crippen molar-refractivity contribution in [2.24, 2.45) is 5.73 Å². The zero-order valence-electron chi connectivity index (χ0n) is 11.1. The summed E-state index contributed by atoms with van der Waals surface area (Å²) in [6.45, 7) is 3.42. The normalized spacial score (nSPS) is 9.79. The van der Waals surface area contributed by atoms with E-state index in [9.17, 15) is 0 Å². The zero-order chi connectivity index (χ0) is 12.8. The van der Waals surface area contributed by atoms with Crippen LogP contribution < -0.4 is 10.5 Å². The first-order valence-corrected chi connectivity index (χ1v) is 6.30. The van der Waals surface area contributed by atoms with Crippen LogP contribution in [0.15, 0.2) is 48.5 Å². The van der Waals surface area contributed by atoms with Crippen molar-refractivity contribution in [3.8, 4) is 16.9 Å². The maximum Gasteiger partial charge on any atom is 0.127 e. The number of halogens is 1. The molecular weight excluding hydrogens is 258 g/mol. The van der Waals surface area contributed by atoms with E-state index < -0.39 is 0 Å². The summed E-state index contributed by atoms with van der Waals surface area (Å²) >= 11 is 0. The van der Waals surface area contributed by atoms with Gasteiger partial charge in [-0.3, -0.25) is 0 Å². The van der Waals surface area contributed by atoms with Gasteiger partial charge in [-0.25, -0.2) is 0 Å². The third-order valence-electron chi connectivity index (χ3n) is 2.86. The van der Waals surface area contributed by atoms with Gasteiger partial charge in [0.2, 0.25) is 0 Å². The maximum absolute atomic E-state index is 5.78. The van der Waals surface area contributed by atoms with Gasteiger partial charge in [0.15, 0.2) is 0 Å². The molecule has 2 nitrogen and oxygen atoms in total. The van der Waals surface area contributed by atoms with Crippen LogP contribution in [0.1, 0.15) is 12.0 Å². The Hall–Kier alpha value is -1.51. The lowest BCUT2D eigenvalue weighted by molar-refractivity contribution is 0.314. The second-order valence-electron chi connectivity index (χ2n) is 4.35. The second kappa shape index (κ2) is 7.82. The molecule has 2 rings (SSSR count). The molecule has 2 aromatic rings. The highest BCUT2D eigenvalue weighted by Gasteiger charge is 2.04. The first kappa shape index (κ1) is 15.5. The quantitative estimate of drug-likeness (QED) is 0.844. The monoisotopic (exact) mass is 277 g/mol. The van der Waals surface area contributed by atoms with E-state index in [4.69, 9.17) is 10.5 Å². The molecule has 0 atom stereocenters. The van der Waals surface area contributed by atoms with E-state index in [2.05, 4.69) is 37.3 Å². The van der Waals surface area contributed by atoms with E-state index >= 15 is 0 Å². The van der Waals surface area contributed by atoms with Crippen LogP contribution in [0.4, 0.5) is 0 Å². The topological polar surface area (TPSA) is 35.2 Å². The van der Waals surface area contributed by atoms with Gasteiger partial charge in [-0.1, -0.05) is 48.0 Å². The van der Waals surface area contributed by atoms with E-state index in [-0.39, 0.29) is 12.4 Å². The molecule has 0 fully saturated rings. The van der Waals surface area contributed by atoms with Gasteiger partial charge >= 0.3 is 0 Å². The molecule has 0 unspecified atom stereocenters. The minimum absolute atomic E-state index is 0. The summed E-state index contributed by atoms with van der Waals surface area (Å²) in [6, 6.07) is 16.6. The number of hydrogen-bond donors (Lipinski definition) is 1. The van der Waals surface area contributed by atoms with Gasteiger partial charge in [-0.2, -0.15) is 0 Å². The number of benzene rings is 2. The van der Waals surface area contributed by atoms with Gasteiger partial charge < -0.3 is 10.5 Å². The molecule has 0 heterocycles. The Kier molecular flexibility index (Phi) is 6.40. The zero-order valence-corrected chi connectivity index (χ0v) is 12.0. The number of para-hydroxylation sites is 1. The van der Waals surface area contributed by atoms with Crippen molar-refractivity contribution >= 4 is 12.4 Å². The van der Waals surface area contributed by atoms with Crippen LogP contribution in [0, 0.1) is 6.92 Å². The molecule has 102 valence electrons. The highest BCUT2D eigenvalue weighted by molar-refractivity contribution is 5.85. The highest BCUT2D eigenvalue weighted by atomic mass is 35.5. The summed E-state index contributed by atoms with van der Waals surface area (Å²) < 4.78 is 5.78. The van der Waals surface area contributed by atoms with E-state index in [1.54, 1.807) is 0 Å². The third-order valence-corrected chi connectivity index (χ3v) is 2.86. The number of rotatable bonds is 5. The van der Waals surface area contributed by atoms with Gasteiger partial charge in [0.05, 0.1) is 6.61 Å². The number of hydrogen-bond acceptors (Lipinski definition) is 2. The fraction of sp³-hybridized carbons (Fsp3) is 0.250. The van der Waals surface area contributed by atoms with E-state index in [0.717, 1.165) is 17.7 Å². The van der Waals surface area contributed by atoms with Crippen LogP contribution in [0.25, 0.3) is 11.1 Å². The molecule has 0 aromatic heterocycles. The van der Waals surface area contributed by atoms with Crippen molar-refractivity contribution in [3.05, 3.63) is 54.1 Å². The van der Waals surface area contributed by atoms with Crippen LogP contribution in [0.3, 0.4) is 0 Å². The van der Waals surface area contributed by atoms with Crippen molar-refractivity contribution in [1.29, 1.82) is 0 Å². The lowest BCUT2D eigenvalue weighted by Gasteiger charge is -2.11. The predicted molar refractivity (Wildman–Crippen MR) is 83.0 cm³/mol. The van der Waals surface area contributed by atoms with Crippen molar-refractivity contribution in [3.63, 3.8) is 0 Å². The van der Waals surface area contributed by atoms with Gasteiger partial charge in [-0.15, -0.1) is 12.4 Å². The Morgan fingerprint density at radius 3 is 2.37 bits per heavy atom. The smallest absolute Gasteiger partial charge is 0.127 e. The first-order valence-electron chi connectivity index (χ1n) is 6.30. The van der Waals surface area contributed by atoms with Crippen LogP contribution >= 0.6 is 12.4 Å². The van der Waals surface area contributed by atoms with Gasteiger partial charge in [0.25, 0.3) is 0 Å². The fourth-order valence-corrected chi connectivity index (χ4v) is 1.83. The molecule has 0 aliphatic rings. The average Bonchev–Trinajstić information content (AvgIpc) is 2.41. The van der Waals surface area contributed by atoms with Gasteiger partial charge in [-0.05, 0) is 31.5 Å². The fourth-order valence-electron chi connectivity index (χ4n) is 1.83. The molecule has 0 aliphatic heterocycles. The molecule has 3 heteroatoms. The summed E-state index contributed by atoms with van der Waals surface area (Å²) in [5.74, 6) is 0.926. The second-order valence-corrected chi connectivity index (χ2v) is 4.35.